The van der Waals surface area contributed by atoms with Crippen molar-refractivity contribution in [1.29, 1.82) is 0 Å². The molecule has 0 saturated heterocycles. The Hall–Kier alpha value is -1.19. The fraction of sp³-hybridized carbons (Fsp3) is 0.429. The van der Waals surface area contributed by atoms with E-state index < -0.39 is 0 Å². The summed E-state index contributed by atoms with van der Waals surface area (Å²) in [7, 11) is 1.69. The Kier molecular flexibility index (Phi) is 5.87. The molecule has 0 unspecified atom stereocenters. The quantitative estimate of drug-likeness (QED) is 0.768. The molecule has 0 fully saturated rings. The summed E-state index contributed by atoms with van der Waals surface area (Å²) in [5.41, 5.74) is 3.24. The van der Waals surface area contributed by atoms with Gasteiger partial charge in [-0.2, -0.15) is 0 Å². The Bertz CT molecular complexity index is 388. The Morgan fingerprint density at radius 1 is 1.47 bits per heavy atom. The van der Waals surface area contributed by atoms with Gasteiger partial charge < -0.3 is 10.1 Å². The summed E-state index contributed by atoms with van der Waals surface area (Å²) in [6.07, 6.45) is 2.08. The van der Waals surface area contributed by atoms with E-state index in [-0.39, 0.29) is 5.82 Å². The van der Waals surface area contributed by atoms with Crippen LogP contribution >= 0.6 is 0 Å². The predicted octanol–water partition coefficient (Wildman–Crippen LogP) is 2.77. The highest BCUT2D eigenvalue weighted by atomic mass is 19.1. The van der Waals surface area contributed by atoms with Gasteiger partial charge in [-0.3, -0.25) is 0 Å². The molecule has 1 rings (SSSR count). The Balaban J connectivity index is 2.55. The van der Waals surface area contributed by atoms with Crippen molar-refractivity contribution in [2.75, 3.05) is 26.8 Å². The fourth-order valence-electron chi connectivity index (χ4n) is 1.58. The molecule has 0 aliphatic rings. The lowest BCUT2D eigenvalue weighted by Gasteiger charge is -2.06. The van der Waals surface area contributed by atoms with Gasteiger partial charge in [0, 0.05) is 20.2 Å². The zero-order valence-corrected chi connectivity index (χ0v) is 10.7. The zero-order valence-electron chi connectivity index (χ0n) is 10.7. The summed E-state index contributed by atoms with van der Waals surface area (Å²) in [4.78, 5) is 0. The fourth-order valence-corrected chi connectivity index (χ4v) is 1.58. The van der Waals surface area contributed by atoms with Crippen LogP contribution in [0.5, 0.6) is 0 Å². The van der Waals surface area contributed by atoms with E-state index in [9.17, 15) is 4.39 Å². The average Bonchev–Trinajstić information content (AvgIpc) is 2.28. The van der Waals surface area contributed by atoms with Gasteiger partial charge >= 0.3 is 0 Å². The Labute approximate surface area is 102 Å². The van der Waals surface area contributed by atoms with Gasteiger partial charge in [0.25, 0.3) is 0 Å². The lowest BCUT2D eigenvalue weighted by molar-refractivity contribution is 0.200. The molecule has 3 heteroatoms. The van der Waals surface area contributed by atoms with Crippen molar-refractivity contribution in [3.8, 4) is 0 Å². The maximum absolute atomic E-state index is 12.9. The summed E-state index contributed by atoms with van der Waals surface area (Å²) < 4.78 is 17.9. The molecular weight excluding hydrogens is 217 g/mol. The number of hydrogen-bond acceptors (Lipinski definition) is 2. The molecule has 0 heterocycles. The van der Waals surface area contributed by atoms with Crippen molar-refractivity contribution < 1.29 is 9.13 Å². The van der Waals surface area contributed by atoms with Gasteiger partial charge in [-0.05, 0) is 37.1 Å². The molecule has 1 aromatic carbocycles. The second kappa shape index (κ2) is 7.20. The molecule has 0 radical (unpaired) electrons. The van der Waals surface area contributed by atoms with Gasteiger partial charge in [-0.1, -0.05) is 17.7 Å². The van der Waals surface area contributed by atoms with Crippen LogP contribution in [-0.2, 0) is 4.74 Å². The number of ether oxygens (including phenoxy) is 1. The molecule has 0 saturated carbocycles. The molecule has 0 aliphatic heterocycles. The molecule has 2 nitrogen and oxygen atoms in total. The van der Waals surface area contributed by atoms with Crippen molar-refractivity contribution in [2.45, 2.75) is 13.8 Å². The van der Waals surface area contributed by atoms with E-state index in [1.54, 1.807) is 13.2 Å². The molecule has 0 aromatic heterocycles. The third kappa shape index (κ3) is 5.11. The number of methoxy groups -OCH3 is 1. The molecule has 1 aromatic rings. The van der Waals surface area contributed by atoms with Crippen LogP contribution in [0.25, 0.3) is 6.08 Å². The number of nitrogens with one attached hydrogen (secondary N) is 1. The highest BCUT2D eigenvalue weighted by Gasteiger charge is 1.98. The van der Waals surface area contributed by atoms with E-state index in [0.717, 1.165) is 24.2 Å². The largest absolute Gasteiger partial charge is 0.383 e. The van der Waals surface area contributed by atoms with Gasteiger partial charge in [0.05, 0.1) is 6.61 Å². The monoisotopic (exact) mass is 237 g/mol. The highest BCUT2D eigenvalue weighted by molar-refractivity contribution is 5.56. The molecule has 0 aliphatic carbocycles. The van der Waals surface area contributed by atoms with E-state index >= 15 is 0 Å². The Morgan fingerprint density at radius 2 is 2.24 bits per heavy atom. The van der Waals surface area contributed by atoms with Gasteiger partial charge in [-0.15, -0.1) is 0 Å². The van der Waals surface area contributed by atoms with Gasteiger partial charge in [0.1, 0.15) is 5.82 Å². The van der Waals surface area contributed by atoms with Crippen molar-refractivity contribution in [3.05, 3.63) is 40.7 Å². The minimum atomic E-state index is -0.185. The van der Waals surface area contributed by atoms with Crippen molar-refractivity contribution in [3.63, 3.8) is 0 Å². The number of rotatable bonds is 6. The van der Waals surface area contributed by atoms with Crippen LogP contribution in [0.2, 0.25) is 0 Å². The zero-order chi connectivity index (χ0) is 12.7. The van der Waals surface area contributed by atoms with E-state index in [1.165, 1.54) is 11.6 Å². The molecule has 0 amide bonds. The summed E-state index contributed by atoms with van der Waals surface area (Å²) in [6, 6.07) is 4.85. The molecule has 0 atom stereocenters. The summed E-state index contributed by atoms with van der Waals surface area (Å²) in [6.45, 7) is 6.34. The van der Waals surface area contributed by atoms with E-state index in [1.807, 2.05) is 13.0 Å². The van der Waals surface area contributed by atoms with Gasteiger partial charge in [0.15, 0.2) is 0 Å². The van der Waals surface area contributed by atoms with Crippen LogP contribution in [0.1, 0.15) is 18.1 Å². The van der Waals surface area contributed by atoms with Crippen molar-refractivity contribution in [2.24, 2.45) is 0 Å². The molecule has 0 bridgehead atoms. The van der Waals surface area contributed by atoms with Crippen LogP contribution in [0.15, 0.2) is 23.8 Å². The Morgan fingerprint density at radius 3 is 2.88 bits per heavy atom. The second-order valence-electron chi connectivity index (χ2n) is 4.16. The standard InChI is InChI=1S/C14H20FNO/c1-11(10-16-6-7-17-3)8-13-4-5-14(15)9-12(13)2/h4-5,8-9,16H,6-7,10H2,1-3H3. The number of hydrogen-bond donors (Lipinski definition) is 1. The van der Waals surface area contributed by atoms with Crippen molar-refractivity contribution >= 4 is 6.08 Å². The number of benzene rings is 1. The van der Waals surface area contributed by atoms with Crippen LogP contribution in [0.3, 0.4) is 0 Å². The SMILES string of the molecule is COCCNCC(C)=Cc1ccc(F)cc1C. The first-order chi connectivity index (χ1) is 8.13. The molecule has 0 spiro atoms. The van der Waals surface area contributed by atoms with Gasteiger partial charge in [-0.25, -0.2) is 4.39 Å². The van der Waals surface area contributed by atoms with Gasteiger partial charge in [0.2, 0.25) is 0 Å². The maximum Gasteiger partial charge on any atom is 0.123 e. The summed E-state index contributed by atoms with van der Waals surface area (Å²) in [5, 5.41) is 3.27. The van der Waals surface area contributed by atoms with E-state index in [4.69, 9.17) is 4.74 Å². The lowest BCUT2D eigenvalue weighted by atomic mass is 10.1. The first-order valence-electron chi connectivity index (χ1n) is 5.76. The maximum atomic E-state index is 12.9. The smallest absolute Gasteiger partial charge is 0.123 e. The predicted molar refractivity (Wildman–Crippen MR) is 69.5 cm³/mol. The molecule has 17 heavy (non-hydrogen) atoms. The normalized spacial score (nSPS) is 11.9. The summed E-state index contributed by atoms with van der Waals surface area (Å²) >= 11 is 0. The lowest BCUT2D eigenvalue weighted by Crippen LogP contribution is -2.20. The first kappa shape index (κ1) is 13.9. The topological polar surface area (TPSA) is 21.3 Å². The van der Waals surface area contributed by atoms with E-state index in [2.05, 4.69) is 18.3 Å². The number of halogens is 1. The average molecular weight is 237 g/mol. The van der Waals surface area contributed by atoms with Crippen molar-refractivity contribution in [1.82, 2.24) is 5.32 Å². The third-order valence-electron chi connectivity index (χ3n) is 2.52. The molecule has 1 N–H and O–H groups in total. The minimum absolute atomic E-state index is 0.185. The highest BCUT2D eigenvalue weighted by Crippen LogP contribution is 2.13. The van der Waals surface area contributed by atoms with Crippen LogP contribution < -0.4 is 5.32 Å². The first-order valence-corrected chi connectivity index (χ1v) is 5.76. The second-order valence-corrected chi connectivity index (χ2v) is 4.16. The van der Waals surface area contributed by atoms with Crippen LogP contribution in [0, 0.1) is 12.7 Å². The third-order valence-corrected chi connectivity index (χ3v) is 2.52. The molecule has 94 valence electrons. The van der Waals surface area contributed by atoms with Crippen LogP contribution in [-0.4, -0.2) is 26.8 Å². The van der Waals surface area contributed by atoms with Crippen LogP contribution in [0.4, 0.5) is 4.39 Å². The van der Waals surface area contributed by atoms with E-state index in [0.29, 0.717) is 6.61 Å². The molecular formula is C14H20FNO. The summed E-state index contributed by atoms with van der Waals surface area (Å²) in [5.74, 6) is -0.185. The minimum Gasteiger partial charge on any atom is -0.383 e. The number of aryl methyl sites for hydroxylation is 1.